The maximum absolute atomic E-state index is 12.1. The number of benzene rings is 2. The van der Waals surface area contributed by atoms with E-state index >= 15 is 0 Å². The molecule has 0 aliphatic carbocycles. The van der Waals surface area contributed by atoms with Crippen LogP contribution in [0, 0.1) is 0 Å². The molecule has 2 aromatic rings. The van der Waals surface area contributed by atoms with E-state index in [9.17, 15) is 4.79 Å². The third-order valence-electron chi connectivity index (χ3n) is 4.08. The number of carbonyl (C=O) groups is 1. The van der Waals surface area contributed by atoms with E-state index in [2.05, 4.69) is 24.5 Å². The van der Waals surface area contributed by atoms with Crippen LogP contribution < -0.4 is 20.1 Å². The number of anilines is 2. The van der Waals surface area contributed by atoms with Crippen LogP contribution in [-0.2, 0) is 4.79 Å². The first kappa shape index (κ1) is 17.1. The van der Waals surface area contributed by atoms with E-state index in [1.807, 2.05) is 42.5 Å². The van der Waals surface area contributed by atoms with Crippen LogP contribution in [-0.4, -0.2) is 25.7 Å². The highest BCUT2D eigenvalue weighted by Crippen LogP contribution is 2.32. The zero-order valence-corrected chi connectivity index (χ0v) is 14.7. The third-order valence-corrected chi connectivity index (χ3v) is 4.08. The highest BCUT2D eigenvalue weighted by molar-refractivity contribution is 5.91. The van der Waals surface area contributed by atoms with Gasteiger partial charge in [0.15, 0.2) is 11.5 Å². The lowest BCUT2D eigenvalue weighted by molar-refractivity contribution is -0.115. The van der Waals surface area contributed by atoms with E-state index in [1.54, 1.807) is 0 Å². The van der Waals surface area contributed by atoms with Gasteiger partial charge >= 0.3 is 0 Å². The normalized spacial score (nSPS) is 12.8. The van der Waals surface area contributed by atoms with Gasteiger partial charge in [0.2, 0.25) is 5.91 Å². The largest absolute Gasteiger partial charge is 0.486 e. The second kappa shape index (κ2) is 7.92. The van der Waals surface area contributed by atoms with Crippen molar-refractivity contribution < 1.29 is 14.3 Å². The molecule has 5 nitrogen and oxygen atoms in total. The van der Waals surface area contributed by atoms with Crippen LogP contribution in [0.15, 0.2) is 42.5 Å². The SMILES string of the molecule is CC(C)c1ccc(NC(=O)CCNc2ccc3c(c2)OCCO3)cc1. The monoisotopic (exact) mass is 340 g/mol. The van der Waals surface area contributed by atoms with E-state index in [1.165, 1.54) is 5.56 Å². The number of carbonyl (C=O) groups excluding carboxylic acids is 1. The standard InChI is InChI=1S/C20H24N2O3/c1-14(2)15-3-5-16(6-4-15)22-20(23)9-10-21-17-7-8-18-19(13-17)25-12-11-24-18/h3-8,13-14,21H,9-12H2,1-2H3,(H,22,23). The van der Waals surface area contributed by atoms with Crippen LogP contribution in [0.3, 0.4) is 0 Å². The summed E-state index contributed by atoms with van der Waals surface area (Å²) in [6.45, 7) is 6.00. The maximum Gasteiger partial charge on any atom is 0.226 e. The van der Waals surface area contributed by atoms with Crippen LogP contribution in [0.2, 0.25) is 0 Å². The lowest BCUT2D eigenvalue weighted by Gasteiger charge is -2.19. The van der Waals surface area contributed by atoms with Crippen molar-refractivity contribution in [2.75, 3.05) is 30.4 Å². The summed E-state index contributed by atoms with van der Waals surface area (Å²) >= 11 is 0. The van der Waals surface area contributed by atoms with Gasteiger partial charge in [-0.05, 0) is 35.7 Å². The fourth-order valence-electron chi connectivity index (χ4n) is 2.65. The van der Waals surface area contributed by atoms with E-state index < -0.39 is 0 Å². The van der Waals surface area contributed by atoms with Crippen molar-refractivity contribution in [1.29, 1.82) is 0 Å². The maximum atomic E-state index is 12.1. The van der Waals surface area contributed by atoms with Gasteiger partial charge in [0, 0.05) is 30.4 Å². The Labute approximate surface area is 148 Å². The molecule has 0 spiro atoms. The topological polar surface area (TPSA) is 59.6 Å². The van der Waals surface area contributed by atoms with Crippen molar-refractivity contribution in [3.8, 4) is 11.5 Å². The van der Waals surface area contributed by atoms with Crippen molar-refractivity contribution in [2.45, 2.75) is 26.2 Å². The van der Waals surface area contributed by atoms with Gasteiger partial charge in [-0.3, -0.25) is 4.79 Å². The van der Waals surface area contributed by atoms with E-state index in [0.717, 1.165) is 22.9 Å². The van der Waals surface area contributed by atoms with Crippen LogP contribution in [0.4, 0.5) is 11.4 Å². The first-order chi connectivity index (χ1) is 12.1. The Morgan fingerprint density at radius 3 is 2.40 bits per heavy atom. The second-order valence-electron chi connectivity index (χ2n) is 6.36. The van der Waals surface area contributed by atoms with Gasteiger partial charge < -0.3 is 20.1 Å². The third kappa shape index (κ3) is 4.66. The molecule has 0 atom stereocenters. The predicted molar refractivity (Wildman–Crippen MR) is 99.7 cm³/mol. The minimum atomic E-state index is -0.0117. The number of hydrogen-bond acceptors (Lipinski definition) is 4. The highest BCUT2D eigenvalue weighted by Gasteiger charge is 2.11. The first-order valence-corrected chi connectivity index (χ1v) is 8.65. The summed E-state index contributed by atoms with van der Waals surface area (Å²) in [6, 6.07) is 13.7. The summed E-state index contributed by atoms with van der Waals surface area (Å²) in [7, 11) is 0. The number of nitrogens with one attached hydrogen (secondary N) is 2. The van der Waals surface area contributed by atoms with Gasteiger partial charge in [-0.2, -0.15) is 0 Å². The number of fused-ring (bicyclic) bond motifs is 1. The van der Waals surface area contributed by atoms with Crippen molar-refractivity contribution in [3.63, 3.8) is 0 Å². The fourth-order valence-corrected chi connectivity index (χ4v) is 2.65. The summed E-state index contributed by atoms with van der Waals surface area (Å²) in [5, 5.41) is 6.16. The first-order valence-electron chi connectivity index (χ1n) is 8.65. The molecular weight excluding hydrogens is 316 g/mol. The Hall–Kier alpha value is -2.69. The summed E-state index contributed by atoms with van der Waals surface area (Å²) in [4.78, 5) is 12.1. The molecule has 2 aromatic carbocycles. The molecule has 0 bridgehead atoms. The summed E-state index contributed by atoms with van der Waals surface area (Å²) < 4.78 is 11.0. The minimum Gasteiger partial charge on any atom is -0.486 e. The molecule has 1 aliphatic heterocycles. The minimum absolute atomic E-state index is 0.0117. The van der Waals surface area contributed by atoms with Crippen molar-refractivity contribution in [3.05, 3.63) is 48.0 Å². The quantitative estimate of drug-likeness (QED) is 0.834. The van der Waals surface area contributed by atoms with Gasteiger partial charge in [-0.1, -0.05) is 26.0 Å². The van der Waals surface area contributed by atoms with E-state index in [-0.39, 0.29) is 5.91 Å². The highest BCUT2D eigenvalue weighted by atomic mass is 16.6. The molecule has 1 aliphatic rings. The molecule has 5 heteroatoms. The van der Waals surface area contributed by atoms with Crippen LogP contribution in [0.1, 0.15) is 31.7 Å². The van der Waals surface area contributed by atoms with Gasteiger partial charge in [0.05, 0.1) is 0 Å². The predicted octanol–water partition coefficient (Wildman–Crippen LogP) is 4.02. The van der Waals surface area contributed by atoms with Crippen LogP contribution >= 0.6 is 0 Å². The van der Waals surface area contributed by atoms with E-state index in [4.69, 9.17) is 9.47 Å². The average Bonchev–Trinajstić information content (AvgIpc) is 2.62. The summed E-state index contributed by atoms with van der Waals surface area (Å²) in [5.74, 6) is 1.98. The van der Waals surface area contributed by atoms with Gasteiger partial charge in [0.25, 0.3) is 0 Å². The molecule has 0 unspecified atom stereocenters. The Morgan fingerprint density at radius 2 is 1.68 bits per heavy atom. The molecule has 25 heavy (non-hydrogen) atoms. The molecule has 0 aromatic heterocycles. The van der Waals surface area contributed by atoms with Gasteiger partial charge in [-0.15, -0.1) is 0 Å². The molecular formula is C20H24N2O3. The molecule has 0 saturated heterocycles. The molecule has 2 N–H and O–H groups in total. The molecule has 0 fully saturated rings. The lowest BCUT2D eigenvalue weighted by Crippen LogP contribution is -2.17. The van der Waals surface area contributed by atoms with Crippen LogP contribution in [0.5, 0.6) is 11.5 Å². The molecule has 3 rings (SSSR count). The smallest absolute Gasteiger partial charge is 0.226 e. The molecule has 132 valence electrons. The van der Waals surface area contributed by atoms with Crippen molar-refractivity contribution in [2.24, 2.45) is 0 Å². The average molecular weight is 340 g/mol. The van der Waals surface area contributed by atoms with Crippen LogP contribution in [0.25, 0.3) is 0 Å². The van der Waals surface area contributed by atoms with E-state index in [0.29, 0.717) is 32.1 Å². The van der Waals surface area contributed by atoms with Gasteiger partial charge in [0.1, 0.15) is 13.2 Å². The molecule has 0 radical (unpaired) electrons. The number of hydrogen-bond donors (Lipinski definition) is 2. The fraction of sp³-hybridized carbons (Fsp3) is 0.350. The molecule has 0 saturated carbocycles. The lowest BCUT2D eigenvalue weighted by atomic mass is 10.0. The molecule has 1 amide bonds. The van der Waals surface area contributed by atoms with Gasteiger partial charge in [-0.25, -0.2) is 0 Å². The number of rotatable bonds is 6. The van der Waals surface area contributed by atoms with Crippen molar-refractivity contribution >= 4 is 17.3 Å². The number of ether oxygens (including phenoxy) is 2. The number of amides is 1. The molecule has 1 heterocycles. The second-order valence-corrected chi connectivity index (χ2v) is 6.36. The Bertz CT molecular complexity index is 726. The Balaban J connectivity index is 1.46. The Kier molecular flexibility index (Phi) is 5.43. The zero-order chi connectivity index (χ0) is 17.6. The summed E-state index contributed by atoms with van der Waals surface area (Å²) in [5.41, 5.74) is 3.00. The van der Waals surface area contributed by atoms with Crippen molar-refractivity contribution in [1.82, 2.24) is 0 Å². The Morgan fingerprint density at radius 1 is 1.00 bits per heavy atom. The zero-order valence-electron chi connectivity index (χ0n) is 14.7. The summed E-state index contributed by atoms with van der Waals surface area (Å²) in [6.07, 6.45) is 0.389.